The molecular formula is C21H26N4OS. The third kappa shape index (κ3) is 4.62. The first-order valence-electron chi connectivity index (χ1n) is 9.68. The van der Waals surface area contributed by atoms with Crippen LogP contribution in [-0.2, 0) is 0 Å². The predicted octanol–water partition coefficient (Wildman–Crippen LogP) is 3.35. The Balaban J connectivity index is 1.36. The fourth-order valence-electron chi connectivity index (χ4n) is 3.92. The van der Waals surface area contributed by atoms with E-state index < -0.39 is 0 Å². The number of rotatable bonds is 4. The maximum atomic E-state index is 12.4. The normalized spacial score (nSPS) is 19.0. The Kier molecular flexibility index (Phi) is 5.94. The molecule has 2 aliphatic rings. The van der Waals surface area contributed by atoms with Crippen LogP contribution in [0.1, 0.15) is 23.2 Å². The lowest BCUT2D eigenvalue weighted by Gasteiger charge is -2.40. The van der Waals surface area contributed by atoms with Crippen LogP contribution in [0.25, 0.3) is 0 Å². The third-order valence-electron chi connectivity index (χ3n) is 5.44. The summed E-state index contributed by atoms with van der Waals surface area (Å²) in [6.45, 7) is 4.64. The Bertz CT molecular complexity index is 756. The van der Waals surface area contributed by atoms with Gasteiger partial charge in [0, 0.05) is 73.1 Å². The van der Waals surface area contributed by atoms with E-state index in [0.717, 1.165) is 24.8 Å². The quantitative estimate of drug-likeness (QED) is 0.879. The van der Waals surface area contributed by atoms with Crippen LogP contribution < -0.4 is 10.2 Å². The van der Waals surface area contributed by atoms with Crippen LogP contribution in [0.15, 0.2) is 48.8 Å². The highest BCUT2D eigenvalue weighted by Gasteiger charge is 2.25. The molecule has 2 aliphatic heterocycles. The lowest BCUT2D eigenvalue weighted by atomic mass is 10.0. The minimum absolute atomic E-state index is 0.101. The number of nitrogens with zero attached hydrogens (tertiary/aromatic N) is 3. The number of anilines is 2. The standard InChI is InChI=1S/C21H26N4OS/c26-21(17-4-8-22-9-5-17)23-18-2-1-3-20(16-18)24-10-6-19(7-11-24)25-12-14-27-15-13-25/h1-5,8-9,16,19H,6-7,10-15H2,(H,23,26). The summed E-state index contributed by atoms with van der Waals surface area (Å²) in [4.78, 5) is 21.4. The van der Waals surface area contributed by atoms with Gasteiger partial charge < -0.3 is 10.2 Å². The van der Waals surface area contributed by atoms with Gasteiger partial charge in [0.1, 0.15) is 0 Å². The Morgan fingerprint density at radius 2 is 1.78 bits per heavy atom. The molecule has 1 amide bonds. The van der Waals surface area contributed by atoms with Crippen LogP contribution >= 0.6 is 11.8 Å². The molecule has 0 spiro atoms. The fourth-order valence-corrected chi connectivity index (χ4v) is 4.85. The first kappa shape index (κ1) is 18.3. The zero-order valence-corrected chi connectivity index (χ0v) is 16.3. The van der Waals surface area contributed by atoms with Crippen molar-refractivity contribution in [3.8, 4) is 0 Å². The average molecular weight is 383 g/mol. The van der Waals surface area contributed by atoms with E-state index >= 15 is 0 Å². The first-order chi connectivity index (χ1) is 13.3. The summed E-state index contributed by atoms with van der Waals surface area (Å²) in [5.74, 6) is 2.45. The van der Waals surface area contributed by atoms with Gasteiger partial charge in [0.15, 0.2) is 0 Å². The van der Waals surface area contributed by atoms with Crippen molar-refractivity contribution in [3.05, 3.63) is 54.4 Å². The molecular weight excluding hydrogens is 356 g/mol. The summed E-state index contributed by atoms with van der Waals surface area (Å²) in [5, 5.41) is 2.99. The highest BCUT2D eigenvalue weighted by Crippen LogP contribution is 2.26. The molecule has 1 N–H and O–H groups in total. The van der Waals surface area contributed by atoms with Crippen LogP contribution in [0.3, 0.4) is 0 Å². The lowest BCUT2D eigenvalue weighted by Crippen LogP contribution is -2.47. The highest BCUT2D eigenvalue weighted by atomic mass is 32.2. The van der Waals surface area contributed by atoms with Crippen LogP contribution in [0.5, 0.6) is 0 Å². The number of carbonyl (C=O) groups is 1. The van der Waals surface area contributed by atoms with Gasteiger partial charge in [0.05, 0.1) is 0 Å². The number of aromatic nitrogens is 1. The van der Waals surface area contributed by atoms with Gasteiger partial charge in [-0.15, -0.1) is 0 Å². The second kappa shape index (κ2) is 8.76. The molecule has 0 saturated carbocycles. The zero-order valence-electron chi connectivity index (χ0n) is 15.5. The maximum Gasteiger partial charge on any atom is 0.255 e. The number of pyridine rings is 1. The number of hydrogen-bond donors (Lipinski definition) is 1. The summed E-state index contributed by atoms with van der Waals surface area (Å²) < 4.78 is 0. The van der Waals surface area contributed by atoms with Crippen LogP contribution in [0.4, 0.5) is 11.4 Å². The second-order valence-corrected chi connectivity index (χ2v) is 8.33. The second-order valence-electron chi connectivity index (χ2n) is 7.11. The van der Waals surface area contributed by atoms with E-state index in [1.165, 1.54) is 43.1 Å². The van der Waals surface area contributed by atoms with Crippen molar-refractivity contribution in [1.82, 2.24) is 9.88 Å². The van der Waals surface area contributed by atoms with E-state index in [-0.39, 0.29) is 5.91 Å². The van der Waals surface area contributed by atoms with Crippen molar-refractivity contribution in [2.24, 2.45) is 0 Å². The molecule has 2 fully saturated rings. The molecule has 0 atom stereocenters. The van der Waals surface area contributed by atoms with Crippen LogP contribution in [0.2, 0.25) is 0 Å². The smallest absolute Gasteiger partial charge is 0.255 e. The topological polar surface area (TPSA) is 48.5 Å². The SMILES string of the molecule is O=C(Nc1cccc(N2CCC(N3CCSCC3)CC2)c1)c1ccncc1. The third-order valence-corrected chi connectivity index (χ3v) is 6.38. The number of nitrogens with one attached hydrogen (secondary N) is 1. The molecule has 2 saturated heterocycles. The largest absolute Gasteiger partial charge is 0.371 e. The van der Waals surface area contributed by atoms with Gasteiger partial charge in [0.2, 0.25) is 0 Å². The van der Waals surface area contributed by atoms with Crippen molar-refractivity contribution in [2.45, 2.75) is 18.9 Å². The zero-order chi connectivity index (χ0) is 18.5. The molecule has 142 valence electrons. The Morgan fingerprint density at radius 1 is 1.04 bits per heavy atom. The summed E-state index contributed by atoms with van der Waals surface area (Å²) in [7, 11) is 0. The predicted molar refractivity (Wildman–Crippen MR) is 113 cm³/mol. The van der Waals surface area contributed by atoms with Gasteiger partial charge in [-0.1, -0.05) is 6.07 Å². The molecule has 0 unspecified atom stereocenters. The molecule has 0 radical (unpaired) electrons. The minimum atomic E-state index is -0.101. The highest BCUT2D eigenvalue weighted by molar-refractivity contribution is 7.99. The molecule has 0 aliphatic carbocycles. The molecule has 4 rings (SSSR count). The molecule has 5 nitrogen and oxygen atoms in total. The van der Waals surface area contributed by atoms with Gasteiger partial charge in [0.25, 0.3) is 5.91 Å². The van der Waals surface area contributed by atoms with E-state index in [2.05, 4.69) is 44.0 Å². The molecule has 27 heavy (non-hydrogen) atoms. The van der Waals surface area contributed by atoms with Gasteiger partial charge in [-0.05, 0) is 43.2 Å². The van der Waals surface area contributed by atoms with Crippen molar-refractivity contribution in [2.75, 3.05) is 47.9 Å². The number of amides is 1. The summed E-state index contributed by atoms with van der Waals surface area (Å²) in [6.07, 6.45) is 5.71. The first-order valence-corrected chi connectivity index (χ1v) is 10.8. The number of piperidine rings is 1. The minimum Gasteiger partial charge on any atom is -0.371 e. The number of benzene rings is 1. The number of hydrogen-bond acceptors (Lipinski definition) is 5. The Morgan fingerprint density at radius 3 is 2.52 bits per heavy atom. The fraction of sp³-hybridized carbons (Fsp3) is 0.429. The van der Waals surface area contributed by atoms with Crippen molar-refractivity contribution in [1.29, 1.82) is 0 Å². The summed E-state index contributed by atoms with van der Waals surface area (Å²) in [6, 6.07) is 12.4. The molecule has 3 heterocycles. The van der Waals surface area contributed by atoms with Gasteiger partial charge in [-0.25, -0.2) is 0 Å². The number of carbonyl (C=O) groups excluding carboxylic acids is 1. The van der Waals surface area contributed by atoms with Gasteiger partial charge >= 0.3 is 0 Å². The Labute approximate surface area is 165 Å². The lowest BCUT2D eigenvalue weighted by molar-refractivity contribution is 0.102. The van der Waals surface area contributed by atoms with E-state index in [4.69, 9.17) is 0 Å². The molecule has 2 aromatic rings. The number of thioether (sulfide) groups is 1. The average Bonchev–Trinajstić information content (AvgIpc) is 2.75. The van der Waals surface area contributed by atoms with E-state index in [9.17, 15) is 4.79 Å². The van der Waals surface area contributed by atoms with Crippen molar-refractivity contribution < 1.29 is 4.79 Å². The summed E-state index contributed by atoms with van der Waals surface area (Å²) >= 11 is 2.07. The van der Waals surface area contributed by atoms with E-state index in [1.54, 1.807) is 24.5 Å². The molecule has 0 bridgehead atoms. The van der Waals surface area contributed by atoms with E-state index in [0.29, 0.717) is 5.56 Å². The van der Waals surface area contributed by atoms with Gasteiger partial charge in [-0.3, -0.25) is 14.7 Å². The monoisotopic (exact) mass is 382 g/mol. The van der Waals surface area contributed by atoms with Crippen LogP contribution in [0, 0.1) is 0 Å². The Hall–Kier alpha value is -2.05. The van der Waals surface area contributed by atoms with E-state index in [1.807, 2.05) is 12.1 Å². The maximum absolute atomic E-state index is 12.4. The molecule has 1 aromatic carbocycles. The summed E-state index contributed by atoms with van der Waals surface area (Å²) in [5.41, 5.74) is 2.65. The van der Waals surface area contributed by atoms with Crippen molar-refractivity contribution >= 4 is 29.0 Å². The van der Waals surface area contributed by atoms with Crippen molar-refractivity contribution in [3.63, 3.8) is 0 Å². The molecule has 6 heteroatoms. The molecule has 1 aromatic heterocycles. The van der Waals surface area contributed by atoms with Gasteiger partial charge in [-0.2, -0.15) is 11.8 Å². The van der Waals surface area contributed by atoms with Crippen LogP contribution in [-0.4, -0.2) is 59.5 Å².